The van der Waals surface area contributed by atoms with Crippen LogP contribution in [0.1, 0.15) is 10.4 Å². The van der Waals surface area contributed by atoms with Crippen molar-refractivity contribution in [1.82, 2.24) is 10.6 Å². The molecule has 21 heavy (non-hydrogen) atoms. The molecule has 0 saturated carbocycles. The molecule has 0 radical (unpaired) electrons. The Morgan fingerprint density at radius 3 is 2.57 bits per heavy atom. The predicted molar refractivity (Wildman–Crippen MR) is 82.3 cm³/mol. The minimum absolute atomic E-state index is 0.115. The zero-order valence-electron chi connectivity index (χ0n) is 12.1. The molecule has 0 heterocycles. The predicted octanol–water partition coefficient (Wildman–Crippen LogP) is 0.777. The molecule has 2 amide bonds. The molecule has 0 aliphatic rings. The SMILES string of the molecule is C=CCNC(=O)CNc1ccc(C(=O)NCCOC)cc1. The van der Waals surface area contributed by atoms with Crippen LogP contribution in [0.15, 0.2) is 36.9 Å². The highest BCUT2D eigenvalue weighted by atomic mass is 16.5. The molecule has 0 unspecified atom stereocenters. The zero-order chi connectivity index (χ0) is 15.5. The quantitative estimate of drug-likeness (QED) is 0.464. The van der Waals surface area contributed by atoms with Crippen molar-refractivity contribution in [2.75, 3.05) is 38.7 Å². The van der Waals surface area contributed by atoms with Crippen LogP contribution in [0.5, 0.6) is 0 Å². The number of carbonyl (C=O) groups excluding carboxylic acids is 2. The molecule has 1 aromatic carbocycles. The first kappa shape index (κ1) is 16.7. The summed E-state index contributed by atoms with van der Waals surface area (Å²) < 4.78 is 4.86. The van der Waals surface area contributed by atoms with Gasteiger partial charge in [0, 0.05) is 31.5 Å². The van der Waals surface area contributed by atoms with Gasteiger partial charge < -0.3 is 20.7 Å². The van der Waals surface area contributed by atoms with Crippen LogP contribution in [0.4, 0.5) is 5.69 Å². The van der Waals surface area contributed by atoms with Crippen LogP contribution < -0.4 is 16.0 Å². The molecule has 0 fully saturated rings. The van der Waals surface area contributed by atoms with Gasteiger partial charge in [-0.25, -0.2) is 0 Å². The maximum Gasteiger partial charge on any atom is 0.251 e. The Hall–Kier alpha value is -2.34. The summed E-state index contributed by atoms with van der Waals surface area (Å²) >= 11 is 0. The third kappa shape index (κ3) is 6.58. The molecule has 6 heteroatoms. The van der Waals surface area contributed by atoms with E-state index in [1.54, 1.807) is 37.5 Å². The molecule has 0 aliphatic carbocycles. The monoisotopic (exact) mass is 291 g/mol. The number of carbonyl (C=O) groups is 2. The number of amides is 2. The van der Waals surface area contributed by atoms with Crippen LogP contribution in [0.2, 0.25) is 0 Å². The van der Waals surface area contributed by atoms with E-state index in [-0.39, 0.29) is 18.4 Å². The average Bonchev–Trinajstić information content (AvgIpc) is 2.51. The fourth-order valence-electron chi connectivity index (χ4n) is 1.54. The lowest BCUT2D eigenvalue weighted by atomic mass is 10.2. The zero-order valence-corrected chi connectivity index (χ0v) is 12.1. The number of methoxy groups -OCH3 is 1. The van der Waals surface area contributed by atoms with E-state index in [1.165, 1.54) is 0 Å². The number of benzene rings is 1. The van der Waals surface area contributed by atoms with Crippen molar-refractivity contribution in [2.24, 2.45) is 0 Å². The van der Waals surface area contributed by atoms with Gasteiger partial charge >= 0.3 is 0 Å². The Morgan fingerprint density at radius 2 is 1.95 bits per heavy atom. The number of hydrogen-bond acceptors (Lipinski definition) is 4. The summed E-state index contributed by atoms with van der Waals surface area (Å²) in [7, 11) is 1.58. The van der Waals surface area contributed by atoms with Crippen LogP contribution in [-0.4, -0.2) is 45.2 Å². The second-order valence-corrected chi connectivity index (χ2v) is 4.27. The third-order valence-electron chi connectivity index (χ3n) is 2.64. The van der Waals surface area contributed by atoms with Crippen molar-refractivity contribution >= 4 is 17.5 Å². The molecule has 0 bridgehead atoms. The van der Waals surface area contributed by atoms with Gasteiger partial charge in [-0.15, -0.1) is 6.58 Å². The molecule has 1 aromatic rings. The number of nitrogens with one attached hydrogen (secondary N) is 3. The standard InChI is InChI=1S/C15H21N3O3/c1-3-8-16-14(19)11-18-13-6-4-12(5-7-13)15(20)17-9-10-21-2/h3-7,18H,1,8-11H2,2H3,(H,16,19)(H,17,20). The van der Waals surface area contributed by atoms with Crippen LogP contribution in [0.3, 0.4) is 0 Å². The average molecular weight is 291 g/mol. The van der Waals surface area contributed by atoms with Gasteiger partial charge in [0.2, 0.25) is 5.91 Å². The molecular weight excluding hydrogens is 270 g/mol. The smallest absolute Gasteiger partial charge is 0.251 e. The maximum atomic E-state index is 11.8. The van der Waals surface area contributed by atoms with E-state index in [4.69, 9.17) is 4.74 Å². The van der Waals surface area contributed by atoms with E-state index in [1.807, 2.05) is 0 Å². The molecule has 0 saturated heterocycles. The highest BCUT2D eigenvalue weighted by Gasteiger charge is 2.05. The van der Waals surface area contributed by atoms with Crippen LogP contribution in [0, 0.1) is 0 Å². The molecule has 0 atom stereocenters. The Morgan fingerprint density at radius 1 is 1.24 bits per heavy atom. The molecule has 0 spiro atoms. The second kappa shape index (κ2) is 9.55. The van der Waals surface area contributed by atoms with Crippen LogP contribution >= 0.6 is 0 Å². The van der Waals surface area contributed by atoms with Gasteiger partial charge in [0.05, 0.1) is 13.2 Å². The lowest BCUT2D eigenvalue weighted by molar-refractivity contribution is -0.119. The van der Waals surface area contributed by atoms with Gasteiger partial charge in [0.1, 0.15) is 0 Å². The number of ether oxygens (including phenoxy) is 1. The highest BCUT2D eigenvalue weighted by molar-refractivity contribution is 5.94. The molecule has 3 N–H and O–H groups in total. The van der Waals surface area contributed by atoms with Crippen molar-refractivity contribution < 1.29 is 14.3 Å². The van der Waals surface area contributed by atoms with Gasteiger partial charge in [0.25, 0.3) is 5.91 Å². The van der Waals surface area contributed by atoms with Crippen molar-refractivity contribution in [1.29, 1.82) is 0 Å². The second-order valence-electron chi connectivity index (χ2n) is 4.27. The summed E-state index contributed by atoms with van der Waals surface area (Å²) in [6, 6.07) is 6.91. The lowest BCUT2D eigenvalue weighted by Gasteiger charge is -2.08. The summed E-state index contributed by atoms with van der Waals surface area (Å²) in [5.74, 6) is -0.265. The topological polar surface area (TPSA) is 79.5 Å². The Labute approximate surface area is 124 Å². The minimum Gasteiger partial charge on any atom is -0.383 e. The highest BCUT2D eigenvalue weighted by Crippen LogP contribution is 2.09. The molecule has 0 aromatic heterocycles. The van der Waals surface area contributed by atoms with Crippen LogP contribution in [0.25, 0.3) is 0 Å². The molecule has 0 aliphatic heterocycles. The molecule has 1 rings (SSSR count). The van der Waals surface area contributed by atoms with Crippen LogP contribution in [-0.2, 0) is 9.53 Å². The van der Waals surface area contributed by atoms with E-state index in [0.29, 0.717) is 25.3 Å². The molecule has 6 nitrogen and oxygen atoms in total. The largest absolute Gasteiger partial charge is 0.383 e. The Kier molecular flexibility index (Phi) is 7.60. The van der Waals surface area contributed by atoms with Gasteiger partial charge in [0.15, 0.2) is 0 Å². The summed E-state index contributed by atoms with van der Waals surface area (Å²) in [5.41, 5.74) is 1.34. The first-order chi connectivity index (χ1) is 10.2. The first-order valence-corrected chi connectivity index (χ1v) is 6.66. The van der Waals surface area contributed by atoms with E-state index in [2.05, 4.69) is 22.5 Å². The summed E-state index contributed by atoms with van der Waals surface area (Å²) in [4.78, 5) is 23.2. The van der Waals surface area contributed by atoms with Gasteiger partial charge in [-0.1, -0.05) is 6.08 Å². The summed E-state index contributed by atoms with van der Waals surface area (Å²) in [6.45, 7) is 5.09. The third-order valence-corrected chi connectivity index (χ3v) is 2.64. The first-order valence-electron chi connectivity index (χ1n) is 6.66. The fraction of sp³-hybridized carbons (Fsp3) is 0.333. The fourth-order valence-corrected chi connectivity index (χ4v) is 1.54. The van der Waals surface area contributed by atoms with Gasteiger partial charge in [-0.2, -0.15) is 0 Å². The Balaban J connectivity index is 2.41. The van der Waals surface area contributed by atoms with Crippen molar-refractivity contribution in [3.63, 3.8) is 0 Å². The normalized spacial score (nSPS) is 9.76. The number of hydrogen-bond donors (Lipinski definition) is 3. The van der Waals surface area contributed by atoms with Crippen molar-refractivity contribution in [3.8, 4) is 0 Å². The maximum absolute atomic E-state index is 11.8. The van der Waals surface area contributed by atoms with Crippen molar-refractivity contribution in [3.05, 3.63) is 42.5 Å². The van der Waals surface area contributed by atoms with E-state index in [9.17, 15) is 9.59 Å². The minimum atomic E-state index is -0.151. The lowest BCUT2D eigenvalue weighted by Crippen LogP contribution is -2.29. The van der Waals surface area contributed by atoms with E-state index in [0.717, 1.165) is 5.69 Å². The van der Waals surface area contributed by atoms with E-state index < -0.39 is 0 Å². The van der Waals surface area contributed by atoms with E-state index >= 15 is 0 Å². The molecular formula is C15H21N3O3. The number of anilines is 1. The molecule has 114 valence electrons. The number of rotatable bonds is 9. The van der Waals surface area contributed by atoms with Gasteiger partial charge in [-0.3, -0.25) is 9.59 Å². The summed E-state index contributed by atoms with van der Waals surface area (Å²) in [5, 5.41) is 8.37. The summed E-state index contributed by atoms with van der Waals surface area (Å²) in [6.07, 6.45) is 1.62. The Bertz CT molecular complexity index is 472. The van der Waals surface area contributed by atoms with Crippen molar-refractivity contribution in [2.45, 2.75) is 0 Å². The van der Waals surface area contributed by atoms with Gasteiger partial charge in [-0.05, 0) is 24.3 Å².